The summed E-state index contributed by atoms with van der Waals surface area (Å²) in [5, 5.41) is 5.29. The van der Waals surface area contributed by atoms with Crippen LogP contribution in [-0.4, -0.2) is 21.1 Å². The quantitative estimate of drug-likeness (QED) is 0.715. The Morgan fingerprint density at radius 1 is 1.28 bits per heavy atom. The van der Waals surface area contributed by atoms with Crippen LogP contribution in [0.3, 0.4) is 0 Å². The molecule has 0 aliphatic carbocycles. The highest BCUT2D eigenvalue weighted by Gasteiger charge is 1.99. The second-order valence-corrected chi connectivity index (χ2v) is 5.01. The van der Waals surface area contributed by atoms with Gasteiger partial charge in [-0.3, -0.25) is 0 Å². The molecule has 0 aliphatic heterocycles. The molecule has 92 valence electrons. The van der Waals surface area contributed by atoms with Crippen LogP contribution in [0.2, 0.25) is 0 Å². The van der Waals surface area contributed by atoms with Crippen LogP contribution in [0.15, 0.2) is 42.2 Å². The monoisotopic (exact) mass is 258 g/mol. The van der Waals surface area contributed by atoms with Gasteiger partial charge in [0, 0.05) is 25.5 Å². The molecule has 0 saturated carbocycles. The predicted molar refractivity (Wildman–Crippen MR) is 75.0 cm³/mol. The van der Waals surface area contributed by atoms with Crippen molar-refractivity contribution in [1.29, 1.82) is 0 Å². The summed E-state index contributed by atoms with van der Waals surface area (Å²) in [6.45, 7) is 1.90. The second-order valence-electron chi connectivity index (χ2n) is 4.06. The molecule has 0 saturated heterocycles. The van der Waals surface area contributed by atoms with Crippen molar-refractivity contribution in [2.75, 3.05) is 11.9 Å². The van der Waals surface area contributed by atoms with E-state index in [2.05, 4.69) is 32.2 Å². The molecule has 0 bridgehead atoms. The fourth-order valence-corrected chi connectivity index (χ4v) is 2.52. The second kappa shape index (κ2) is 5.18. The summed E-state index contributed by atoms with van der Waals surface area (Å²) in [6, 6.07) is 6.11. The Labute approximate surface area is 109 Å². The molecule has 3 rings (SSSR count). The van der Waals surface area contributed by atoms with Gasteiger partial charge < -0.3 is 9.88 Å². The number of nitrogens with zero attached hydrogens (tertiary/aromatic N) is 3. The summed E-state index contributed by atoms with van der Waals surface area (Å²) in [4.78, 5) is 8.75. The van der Waals surface area contributed by atoms with Crippen molar-refractivity contribution >= 4 is 27.5 Å². The summed E-state index contributed by atoms with van der Waals surface area (Å²) in [5.41, 5.74) is 1.02. The van der Waals surface area contributed by atoms with Crippen LogP contribution in [0.5, 0.6) is 0 Å². The summed E-state index contributed by atoms with van der Waals surface area (Å²) in [7, 11) is 0. The van der Waals surface area contributed by atoms with Crippen LogP contribution in [0, 0.1) is 0 Å². The van der Waals surface area contributed by atoms with E-state index >= 15 is 0 Å². The fraction of sp³-hybridized carbons (Fsp3) is 0.231. The van der Waals surface area contributed by atoms with Gasteiger partial charge in [0.1, 0.15) is 0 Å². The lowest BCUT2D eigenvalue weighted by Crippen LogP contribution is -2.07. The van der Waals surface area contributed by atoms with Gasteiger partial charge in [0.25, 0.3) is 0 Å². The number of anilines is 1. The average Bonchev–Trinajstić information content (AvgIpc) is 3.05. The first kappa shape index (κ1) is 11.2. The minimum atomic E-state index is 0.716. The minimum absolute atomic E-state index is 0.716. The molecule has 18 heavy (non-hydrogen) atoms. The maximum Gasteiger partial charge on any atom is 0.223 e. The van der Waals surface area contributed by atoms with Crippen molar-refractivity contribution in [2.24, 2.45) is 0 Å². The van der Waals surface area contributed by atoms with E-state index in [0.717, 1.165) is 29.7 Å². The molecule has 4 nitrogen and oxygen atoms in total. The number of aryl methyl sites for hydroxylation is 1. The zero-order valence-electron chi connectivity index (χ0n) is 9.91. The molecule has 0 radical (unpaired) electrons. The number of aromatic nitrogens is 3. The van der Waals surface area contributed by atoms with Crippen molar-refractivity contribution in [3.8, 4) is 0 Å². The van der Waals surface area contributed by atoms with Gasteiger partial charge in [0.05, 0.1) is 16.4 Å². The molecule has 1 N–H and O–H groups in total. The molecular formula is C13H14N4S. The summed E-state index contributed by atoms with van der Waals surface area (Å²) in [6.07, 6.45) is 7.09. The van der Waals surface area contributed by atoms with Crippen molar-refractivity contribution in [1.82, 2.24) is 14.5 Å². The molecule has 3 aromatic heterocycles. The third-order valence-corrected chi connectivity index (χ3v) is 3.59. The lowest BCUT2D eigenvalue weighted by molar-refractivity contribution is 0.663. The average molecular weight is 258 g/mol. The minimum Gasteiger partial charge on any atom is -0.354 e. The number of rotatable bonds is 5. The van der Waals surface area contributed by atoms with E-state index in [1.54, 1.807) is 11.3 Å². The van der Waals surface area contributed by atoms with Crippen LogP contribution in [0.25, 0.3) is 10.2 Å². The van der Waals surface area contributed by atoms with E-state index < -0.39 is 0 Å². The van der Waals surface area contributed by atoms with Crippen molar-refractivity contribution in [2.45, 2.75) is 13.0 Å². The highest BCUT2D eigenvalue weighted by Crippen LogP contribution is 2.18. The number of hydrogen-bond donors (Lipinski definition) is 1. The molecule has 0 aliphatic rings. The maximum absolute atomic E-state index is 4.45. The molecule has 0 fully saturated rings. The van der Waals surface area contributed by atoms with E-state index in [9.17, 15) is 0 Å². The van der Waals surface area contributed by atoms with Crippen molar-refractivity contribution < 1.29 is 0 Å². The van der Waals surface area contributed by atoms with Crippen LogP contribution in [0.4, 0.5) is 5.95 Å². The topological polar surface area (TPSA) is 42.7 Å². The van der Waals surface area contributed by atoms with E-state index in [0.29, 0.717) is 5.95 Å². The molecule has 5 heteroatoms. The normalized spacial score (nSPS) is 10.9. The van der Waals surface area contributed by atoms with Gasteiger partial charge in [-0.2, -0.15) is 0 Å². The van der Waals surface area contributed by atoms with Gasteiger partial charge in [-0.25, -0.2) is 9.97 Å². The third kappa shape index (κ3) is 2.51. The SMILES string of the molecule is c1ccn(CCCNc2ncc3sccc3n2)c1. The Bertz CT molecular complexity index is 615. The van der Waals surface area contributed by atoms with Gasteiger partial charge in [0.2, 0.25) is 5.95 Å². The predicted octanol–water partition coefficient (Wildman–Crippen LogP) is 3.00. The number of fused-ring (bicyclic) bond motifs is 1. The highest BCUT2D eigenvalue weighted by molar-refractivity contribution is 7.17. The number of hydrogen-bond acceptors (Lipinski definition) is 4. The standard InChI is InChI=1S/C13H14N4S/c1-2-7-17(6-1)8-3-5-14-13-15-10-12-11(16-13)4-9-18-12/h1-2,4,6-7,9-10H,3,5,8H2,(H,14,15,16). The Morgan fingerprint density at radius 3 is 3.06 bits per heavy atom. The van der Waals surface area contributed by atoms with Gasteiger partial charge >= 0.3 is 0 Å². The highest BCUT2D eigenvalue weighted by atomic mass is 32.1. The Balaban J connectivity index is 1.53. The first-order chi connectivity index (χ1) is 8.92. The summed E-state index contributed by atoms with van der Waals surface area (Å²) < 4.78 is 3.30. The van der Waals surface area contributed by atoms with Crippen LogP contribution in [-0.2, 0) is 6.54 Å². The first-order valence-electron chi connectivity index (χ1n) is 5.97. The van der Waals surface area contributed by atoms with E-state index in [4.69, 9.17) is 0 Å². The number of nitrogens with one attached hydrogen (secondary N) is 1. The maximum atomic E-state index is 4.45. The smallest absolute Gasteiger partial charge is 0.223 e. The fourth-order valence-electron chi connectivity index (χ4n) is 1.83. The number of thiophene rings is 1. The molecule has 0 amide bonds. The van der Waals surface area contributed by atoms with E-state index in [1.165, 1.54) is 0 Å². The lowest BCUT2D eigenvalue weighted by Gasteiger charge is -2.05. The molecule has 3 heterocycles. The zero-order valence-corrected chi connectivity index (χ0v) is 10.7. The van der Waals surface area contributed by atoms with Gasteiger partial charge in [0.15, 0.2) is 0 Å². The van der Waals surface area contributed by atoms with Crippen LogP contribution >= 0.6 is 11.3 Å². The Morgan fingerprint density at radius 2 is 2.17 bits per heavy atom. The lowest BCUT2D eigenvalue weighted by atomic mass is 10.4. The third-order valence-electron chi connectivity index (χ3n) is 2.75. The molecule has 0 aromatic carbocycles. The van der Waals surface area contributed by atoms with Gasteiger partial charge in [-0.1, -0.05) is 0 Å². The molecule has 0 atom stereocenters. The zero-order chi connectivity index (χ0) is 12.2. The molecule has 0 spiro atoms. The van der Waals surface area contributed by atoms with Crippen LogP contribution < -0.4 is 5.32 Å². The van der Waals surface area contributed by atoms with Crippen molar-refractivity contribution in [3.63, 3.8) is 0 Å². The van der Waals surface area contributed by atoms with Gasteiger partial charge in [-0.05, 0) is 30.0 Å². The van der Waals surface area contributed by atoms with Gasteiger partial charge in [-0.15, -0.1) is 11.3 Å². The molecule has 3 aromatic rings. The largest absolute Gasteiger partial charge is 0.354 e. The first-order valence-corrected chi connectivity index (χ1v) is 6.85. The Kier molecular flexibility index (Phi) is 3.23. The van der Waals surface area contributed by atoms with E-state index in [-0.39, 0.29) is 0 Å². The molecule has 0 unspecified atom stereocenters. The van der Waals surface area contributed by atoms with Crippen LogP contribution in [0.1, 0.15) is 6.42 Å². The summed E-state index contributed by atoms with van der Waals surface area (Å²) in [5.74, 6) is 0.716. The van der Waals surface area contributed by atoms with Crippen molar-refractivity contribution in [3.05, 3.63) is 42.2 Å². The summed E-state index contributed by atoms with van der Waals surface area (Å²) >= 11 is 1.67. The Hall–Kier alpha value is -1.88. The van der Waals surface area contributed by atoms with E-state index in [1.807, 2.05) is 29.8 Å². The molecular weight excluding hydrogens is 244 g/mol.